The second kappa shape index (κ2) is 6.16. The number of hydrogen-bond donors (Lipinski definition) is 0. The summed E-state index contributed by atoms with van der Waals surface area (Å²) in [5.41, 5.74) is -0.670. The number of alkyl halides is 1. The molecule has 6 heteroatoms. The molecule has 0 spiro atoms. The molecule has 2 nitrogen and oxygen atoms in total. The quantitative estimate of drug-likeness (QED) is 0.745. The van der Waals surface area contributed by atoms with Gasteiger partial charge in [-0.05, 0) is 18.8 Å². The molecule has 1 aliphatic rings. The molecule has 0 saturated carbocycles. The fraction of sp³-hybridized carbons (Fsp3) is 0.500. The van der Waals surface area contributed by atoms with E-state index in [1.54, 1.807) is 0 Å². The summed E-state index contributed by atoms with van der Waals surface area (Å²) in [5.74, 6) is -3.59. The molecule has 0 radical (unpaired) electrons. The van der Waals surface area contributed by atoms with Gasteiger partial charge < -0.3 is 4.90 Å². The van der Waals surface area contributed by atoms with E-state index in [1.807, 2.05) is 6.92 Å². The summed E-state index contributed by atoms with van der Waals surface area (Å²) >= 11 is 3.50. The van der Waals surface area contributed by atoms with Gasteiger partial charge in [0.15, 0.2) is 0 Å². The molecule has 1 heterocycles. The first-order valence-corrected chi connectivity index (χ1v) is 7.39. The molecule has 1 aromatic rings. The van der Waals surface area contributed by atoms with E-state index in [-0.39, 0.29) is 0 Å². The van der Waals surface area contributed by atoms with E-state index in [0.717, 1.165) is 12.8 Å². The van der Waals surface area contributed by atoms with Crippen molar-refractivity contribution in [3.05, 3.63) is 35.1 Å². The van der Waals surface area contributed by atoms with Gasteiger partial charge in [-0.3, -0.25) is 4.79 Å². The molecule has 2 rings (SSSR count). The number of benzene rings is 1. The Labute approximate surface area is 124 Å². The van der Waals surface area contributed by atoms with Gasteiger partial charge in [0.2, 0.25) is 0 Å². The third kappa shape index (κ3) is 3.16. The van der Waals surface area contributed by atoms with Gasteiger partial charge in [-0.15, -0.1) is 0 Å². The molecule has 1 atom stereocenters. The van der Waals surface area contributed by atoms with Crippen molar-refractivity contribution in [3.63, 3.8) is 0 Å². The van der Waals surface area contributed by atoms with E-state index in [1.165, 1.54) is 4.90 Å². The zero-order valence-electron chi connectivity index (χ0n) is 11.0. The molecule has 1 aliphatic heterocycles. The lowest BCUT2D eigenvalue weighted by atomic mass is 9.94. The highest BCUT2D eigenvalue weighted by Gasteiger charge is 2.29. The summed E-state index contributed by atoms with van der Waals surface area (Å²) in [7, 11) is 0. The third-order valence-corrected chi connectivity index (χ3v) is 4.44. The van der Waals surface area contributed by atoms with E-state index < -0.39 is 28.9 Å². The predicted molar refractivity (Wildman–Crippen MR) is 73.3 cm³/mol. The van der Waals surface area contributed by atoms with E-state index in [0.29, 0.717) is 36.0 Å². The Morgan fingerprint density at radius 3 is 2.20 bits per heavy atom. The summed E-state index contributed by atoms with van der Waals surface area (Å²) in [5, 5.41) is 0. The Hall–Kier alpha value is -1.04. The number of carbonyl (C=O) groups excluding carboxylic acids is 1. The molecule has 0 bridgehead atoms. The first-order chi connectivity index (χ1) is 9.40. The minimum absolute atomic E-state index is 0.346. The van der Waals surface area contributed by atoms with Crippen molar-refractivity contribution in [1.82, 2.24) is 4.90 Å². The minimum atomic E-state index is -1.15. The number of likely N-dealkylation sites (tertiary alicyclic amines) is 1. The highest BCUT2D eigenvalue weighted by molar-refractivity contribution is 9.09. The van der Waals surface area contributed by atoms with Crippen LogP contribution in [0.3, 0.4) is 0 Å². The highest BCUT2D eigenvalue weighted by Crippen LogP contribution is 2.26. The average Bonchev–Trinajstić information content (AvgIpc) is 2.37. The molecule has 0 aromatic heterocycles. The van der Waals surface area contributed by atoms with E-state index in [2.05, 4.69) is 15.9 Å². The van der Waals surface area contributed by atoms with Gasteiger partial charge in [-0.1, -0.05) is 22.9 Å². The topological polar surface area (TPSA) is 20.3 Å². The van der Waals surface area contributed by atoms with Crippen LogP contribution >= 0.6 is 15.9 Å². The number of piperidine rings is 1. The summed E-state index contributed by atoms with van der Waals surface area (Å²) in [6, 6.07) is 1.06. The molecule has 1 saturated heterocycles. The molecule has 20 heavy (non-hydrogen) atoms. The molecular formula is C14H15BrF3NO. The van der Waals surface area contributed by atoms with E-state index in [9.17, 15) is 18.0 Å². The lowest BCUT2D eigenvalue weighted by Crippen LogP contribution is -2.40. The third-order valence-electron chi connectivity index (χ3n) is 3.70. The monoisotopic (exact) mass is 349 g/mol. The maximum absolute atomic E-state index is 13.6. The molecule has 1 amide bonds. The number of nitrogens with zero attached hydrogens (tertiary/aromatic N) is 1. The van der Waals surface area contributed by atoms with Crippen molar-refractivity contribution >= 4 is 21.8 Å². The molecule has 0 aliphatic carbocycles. The molecule has 1 fully saturated rings. The Kier molecular flexibility index (Phi) is 4.73. The zero-order valence-corrected chi connectivity index (χ0v) is 12.6. The van der Waals surface area contributed by atoms with Crippen LogP contribution in [0.5, 0.6) is 0 Å². The average molecular weight is 350 g/mol. The Balaban J connectivity index is 2.14. The van der Waals surface area contributed by atoms with Gasteiger partial charge in [0.25, 0.3) is 5.91 Å². The number of halogens is 4. The summed E-state index contributed by atoms with van der Waals surface area (Å²) in [4.78, 5) is 13.9. The van der Waals surface area contributed by atoms with Crippen molar-refractivity contribution in [2.45, 2.75) is 24.6 Å². The van der Waals surface area contributed by atoms with Gasteiger partial charge in [-0.2, -0.15) is 0 Å². The SMILES string of the molecule is CC(Br)C1CCN(C(=O)c2c(F)cc(F)cc2F)CC1. The second-order valence-corrected chi connectivity index (χ2v) is 6.50. The van der Waals surface area contributed by atoms with Crippen molar-refractivity contribution in [3.8, 4) is 0 Å². The summed E-state index contributed by atoms with van der Waals surface area (Å²) in [6.45, 7) is 2.95. The van der Waals surface area contributed by atoms with Crippen LogP contribution in [0, 0.1) is 23.4 Å². The predicted octanol–water partition coefficient (Wildman–Crippen LogP) is 3.74. The lowest BCUT2D eigenvalue weighted by molar-refractivity contribution is 0.0681. The van der Waals surface area contributed by atoms with Crippen molar-refractivity contribution in [2.75, 3.05) is 13.1 Å². The first-order valence-electron chi connectivity index (χ1n) is 6.48. The Bertz CT molecular complexity index is 490. The molecule has 110 valence electrons. The number of amides is 1. The lowest BCUT2D eigenvalue weighted by Gasteiger charge is -2.33. The van der Waals surface area contributed by atoms with Gasteiger partial charge in [0.1, 0.15) is 23.0 Å². The summed E-state index contributed by atoms with van der Waals surface area (Å²) < 4.78 is 40.0. The van der Waals surface area contributed by atoms with Crippen LogP contribution in [-0.4, -0.2) is 28.7 Å². The number of rotatable bonds is 2. The maximum Gasteiger partial charge on any atom is 0.259 e. The van der Waals surface area contributed by atoms with Crippen LogP contribution in [0.25, 0.3) is 0 Å². The molecule has 0 N–H and O–H groups in total. The van der Waals surface area contributed by atoms with Crippen molar-refractivity contribution < 1.29 is 18.0 Å². The fourth-order valence-electron chi connectivity index (χ4n) is 2.47. The van der Waals surface area contributed by atoms with Crippen LogP contribution in [0.15, 0.2) is 12.1 Å². The van der Waals surface area contributed by atoms with Crippen molar-refractivity contribution in [1.29, 1.82) is 0 Å². The maximum atomic E-state index is 13.6. The molecular weight excluding hydrogens is 335 g/mol. The highest BCUT2D eigenvalue weighted by atomic mass is 79.9. The second-order valence-electron chi connectivity index (χ2n) is 5.05. The largest absolute Gasteiger partial charge is 0.338 e. The Morgan fingerprint density at radius 2 is 1.75 bits per heavy atom. The van der Waals surface area contributed by atoms with Crippen LogP contribution in [0.2, 0.25) is 0 Å². The van der Waals surface area contributed by atoms with Crippen LogP contribution < -0.4 is 0 Å². The van der Waals surface area contributed by atoms with Gasteiger partial charge in [0, 0.05) is 30.0 Å². The fourth-order valence-corrected chi connectivity index (χ4v) is 3.00. The van der Waals surface area contributed by atoms with E-state index in [4.69, 9.17) is 0 Å². The minimum Gasteiger partial charge on any atom is -0.338 e. The normalized spacial score (nSPS) is 18.1. The molecule has 1 aromatic carbocycles. The Morgan fingerprint density at radius 1 is 1.25 bits per heavy atom. The standard InChI is InChI=1S/C14H15BrF3NO/c1-8(15)9-2-4-19(5-3-9)14(20)13-11(17)6-10(16)7-12(13)18/h6-9H,2-5H2,1H3. The van der Waals surface area contributed by atoms with E-state index >= 15 is 0 Å². The van der Waals surface area contributed by atoms with Gasteiger partial charge in [0.05, 0.1) is 0 Å². The zero-order chi connectivity index (χ0) is 14.9. The smallest absolute Gasteiger partial charge is 0.259 e. The molecule has 1 unspecified atom stereocenters. The van der Waals surface area contributed by atoms with Crippen LogP contribution in [0.1, 0.15) is 30.1 Å². The van der Waals surface area contributed by atoms with Crippen molar-refractivity contribution in [2.24, 2.45) is 5.92 Å². The van der Waals surface area contributed by atoms with Crippen LogP contribution in [-0.2, 0) is 0 Å². The van der Waals surface area contributed by atoms with Gasteiger partial charge >= 0.3 is 0 Å². The summed E-state index contributed by atoms with van der Waals surface area (Å²) in [6.07, 6.45) is 1.56. The number of carbonyl (C=O) groups is 1. The number of hydrogen-bond acceptors (Lipinski definition) is 1. The first kappa shape index (κ1) is 15.4. The van der Waals surface area contributed by atoms with Gasteiger partial charge in [-0.25, -0.2) is 13.2 Å². The van der Waals surface area contributed by atoms with Crippen LogP contribution in [0.4, 0.5) is 13.2 Å².